The summed E-state index contributed by atoms with van der Waals surface area (Å²) in [5.41, 5.74) is 0.334. The zero-order valence-electron chi connectivity index (χ0n) is 18.2. The highest BCUT2D eigenvalue weighted by Gasteiger charge is 2.23. The molecule has 0 spiro atoms. The summed E-state index contributed by atoms with van der Waals surface area (Å²) in [7, 11) is 0. The van der Waals surface area contributed by atoms with Gasteiger partial charge in [-0.15, -0.1) is 11.3 Å². The summed E-state index contributed by atoms with van der Waals surface area (Å²) in [6.45, 7) is 9.15. The molecule has 0 saturated carbocycles. The van der Waals surface area contributed by atoms with E-state index in [1.165, 1.54) is 4.88 Å². The van der Waals surface area contributed by atoms with E-state index in [4.69, 9.17) is 25.8 Å². The maximum Gasteiger partial charge on any atom is 0.283 e. The van der Waals surface area contributed by atoms with Crippen LogP contribution in [0, 0.1) is 0 Å². The first-order chi connectivity index (χ1) is 14.8. The number of hydrogen-bond donors (Lipinski definition) is 0. The number of halogens is 1. The van der Waals surface area contributed by atoms with Crippen LogP contribution in [0.15, 0.2) is 29.4 Å². The number of carbonyl (C=O) groups is 1. The number of thiazole rings is 1. The molecule has 2 aliphatic heterocycles. The molecule has 1 unspecified atom stereocenters. The lowest BCUT2D eigenvalue weighted by atomic mass is 9.95. The molecule has 0 aliphatic carbocycles. The molecule has 2 saturated heterocycles. The number of nitrogens with zero attached hydrogens (tertiary/aromatic N) is 2. The number of amides is 1. The third-order valence-electron chi connectivity index (χ3n) is 5.43. The Bertz CT molecular complexity index is 996. The van der Waals surface area contributed by atoms with Crippen LogP contribution in [0.1, 0.15) is 55.3 Å². The highest BCUT2D eigenvalue weighted by Crippen LogP contribution is 2.28. The molecule has 2 aliphatic rings. The first-order valence-corrected chi connectivity index (χ1v) is 11.9. The fraction of sp³-hybridized carbons (Fsp3) is 0.565. The van der Waals surface area contributed by atoms with Gasteiger partial charge in [0.25, 0.3) is 5.91 Å². The molecule has 1 aromatic heterocycles. The van der Waals surface area contributed by atoms with Gasteiger partial charge in [-0.1, -0.05) is 32.4 Å². The summed E-state index contributed by atoms with van der Waals surface area (Å²) >= 11 is 7.74. The van der Waals surface area contributed by atoms with Gasteiger partial charge in [0, 0.05) is 29.1 Å². The van der Waals surface area contributed by atoms with Gasteiger partial charge in [0.2, 0.25) is 0 Å². The van der Waals surface area contributed by atoms with Crippen LogP contribution >= 0.6 is 22.9 Å². The average molecular weight is 465 g/mol. The molecular weight excluding hydrogens is 436 g/mol. The molecule has 8 heteroatoms. The number of aromatic nitrogens is 1. The van der Waals surface area contributed by atoms with Crippen LogP contribution in [-0.2, 0) is 21.4 Å². The number of hydrogen-bond acceptors (Lipinski definition) is 5. The fourth-order valence-corrected chi connectivity index (χ4v) is 4.88. The van der Waals surface area contributed by atoms with Gasteiger partial charge in [-0.25, -0.2) is 0 Å². The van der Waals surface area contributed by atoms with E-state index >= 15 is 0 Å². The van der Waals surface area contributed by atoms with Crippen LogP contribution < -0.4 is 9.54 Å². The third kappa shape index (κ3) is 5.58. The minimum absolute atomic E-state index is 0.0352. The van der Waals surface area contributed by atoms with Gasteiger partial charge in [0.05, 0.1) is 31.4 Å². The molecule has 2 aromatic rings. The standard InChI is InChI=1S/C23H29ClN2O4S/c1-23(2,3)20-13-26(12-16-5-4-9-29-16)22(31-20)25-21(27)18-11-15(24)6-7-19(18)30-17-8-10-28-14-17/h6-7,11,13,16-17H,4-5,8-10,12,14H2,1-3H3/b25-22-/t16-,17?/m1/s1. The lowest BCUT2D eigenvalue weighted by molar-refractivity contribution is 0.0946. The number of benzene rings is 1. The van der Waals surface area contributed by atoms with Crippen LogP contribution in [0.25, 0.3) is 0 Å². The van der Waals surface area contributed by atoms with Crippen LogP contribution in [0.5, 0.6) is 5.75 Å². The van der Waals surface area contributed by atoms with E-state index < -0.39 is 0 Å². The van der Waals surface area contributed by atoms with E-state index in [-0.39, 0.29) is 23.5 Å². The summed E-state index contributed by atoms with van der Waals surface area (Å²) in [5.74, 6) is 0.131. The van der Waals surface area contributed by atoms with Crippen LogP contribution in [0.3, 0.4) is 0 Å². The average Bonchev–Trinajstić information content (AvgIpc) is 3.46. The zero-order chi connectivity index (χ0) is 22.0. The van der Waals surface area contributed by atoms with Crippen LogP contribution in [0.4, 0.5) is 0 Å². The molecule has 4 rings (SSSR count). The summed E-state index contributed by atoms with van der Waals surface area (Å²) in [6.07, 6.45) is 5.09. The normalized spacial score (nSPS) is 22.3. The molecule has 3 heterocycles. The monoisotopic (exact) mass is 464 g/mol. The Hall–Kier alpha value is -1.67. The first-order valence-electron chi connectivity index (χ1n) is 10.7. The number of rotatable bonds is 5. The van der Waals surface area contributed by atoms with Crippen molar-refractivity contribution >= 4 is 28.8 Å². The van der Waals surface area contributed by atoms with Crippen LogP contribution in [0.2, 0.25) is 5.02 Å². The summed E-state index contributed by atoms with van der Waals surface area (Å²) in [5, 5.41) is 0.474. The number of carbonyl (C=O) groups excluding carboxylic acids is 1. The van der Waals surface area contributed by atoms with E-state index in [2.05, 4.69) is 36.5 Å². The molecule has 2 atom stereocenters. The van der Waals surface area contributed by atoms with E-state index in [1.807, 2.05) is 0 Å². The van der Waals surface area contributed by atoms with Gasteiger partial charge in [0.1, 0.15) is 11.9 Å². The Balaban J connectivity index is 1.68. The minimum Gasteiger partial charge on any atom is -0.487 e. The van der Waals surface area contributed by atoms with Gasteiger partial charge < -0.3 is 18.8 Å². The van der Waals surface area contributed by atoms with Crippen LogP contribution in [-0.4, -0.2) is 42.5 Å². The molecular formula is C23H29ClN2O4S. The maximum atomic E-state index is 13.2. The van der Waals surface area contributed by atoms with Crippen molar-refractivity contribution in [3.63, 3.8) is 0 Å². The minimum atomic E-state index is -0.361. The Morgan fingerprint density at radius 1 is 1.32 bits per heavy atom. The van der Waals surface area contributed by atoms with Gasteiger partial charge in [-0.2, -0.15) is 4.99 Å². The highest BCUT2D eigenvalue weighted by molar-refractivity contribution is 7.09. The smallest absolute Gasteiger partial charge is 0.283 e. The molecule has 6 nitrogen and oxygen atoms in total. The Morgan fingerprint density at radius 2 is 2.16 bits per heavy atom. The predicted octanol–water partition coefficient (Wildman–Crippen LogP) is 4.59. The predicted molar refractivity (Wildman–Crippen MR) is 121 cm³/mol. The van der Waals surface area contributed by atoms with Gasteiger partial charge in [0.15, 0.2) is 4.80 Å². The Labute approximate surface area is 191 Å². The summed E-state index contributed by atoms with van der Waals surface area (Å²) in [4.78, 5) is 19.6. The molecule has 0 bridgehead atoms. The van der Waals surface area contributed by atoms with E-state index in [9.17, 15) is 4.79 Å². The van der Waals surface area contributed by atoms with Crippen molar-refractivity contribution in [3.8, 4) is 5.75 Å². The van der Waals surface area contributed by atoms with Gasteiger partial charge in [-0.05, 0) is 36.5 Å². The lowest BCUT2D eigenvalue weighted by Gasteiger charge is -2.15. The summed E-state index contributed by atoms with van der Waals surface area (Å²) < 4.78 is 19.3. The Morgan fingerprint density at radius 3 is 2.84 bits per heavy atom. The molecule has 1 aromatic carbocycles. The lowest BCUT2D eigenvalue weighted by Crippen LogP contribution is -2.24. The van der Waals surface area contributed by atoms with Crippen molar-refractivity contribution < 1.29 is 19.0 Å². The second kappa shape index (κ2) is 9.45. The first kappa shape index (κ1) is 22.5. The topological polar surface area (TPSA) is 62.1 Å². The molecule has 1 amide bonds. The molecule has 168 valence electrons. The second-order valence-corrected chi connectivity index (χ2v) is 10.5. The van der Waals surface area contributed by atoms with Gasteiger partial charge in [-0.3, -0.25) is 4.79 Å². The van der Waals surface area contributed by atoms with Crippen molar-refractivity contribution in [2.75, 3.05) is 19.8 Å². The summed E-state index contributed by atoms with van der Waals surface area (Å²) in [6, 6.07) is 5.09. The second-order valence-electron chi connectivity index (χ2n) is 9.08. The largest absolute Gasteiger partial charge is 0.487 e. The Kier molecular flexibility index (Phi) is 6.86. The van der Waals surface area contributed by atoms with E-state index in [0.29, 0.717) is 40.9 Å². The maximum absolute atomic E-state index is 13.2. The zero-order valence-corrected chi connectivity index (χ0v) is 19.8. The van der Waals surface area contributed by atoms with Gasteiger partial charge >= 0.3 is 0 Å². The van der Waals surface area contributed by atoms with Crippen molar-refractivity contribution in [1.82, 2.24) is 4.57 Å². The van der Waals surface area contributed by atoms with E-state index in [1.54, 1.807) is 29.5 Å². The van der Waals surface area contributed by atoms with E-state index in [0.717, 1.165) is 25.9 Å². The quantitative estimate of drug-likeness (QED) is 0.649. The third-order valence-corrected chi connectivity index (χ3v) is 7.12. The SMILES string of the molecule is CC(C)(C)c1cn(C[C@H]2CCCO2)/c(=N/C(=O)c2cc(Cl)ccc2OC2CCOC2)s1. The molecule has 0 radical (unpaired) electrons. The molecule has 2 fully saturated rings. The molecule has 31 heavy (non-hydrogen) atoms. The highest BCUT2D eigenvalue weighted by atomic mass is 35.5. The number of ether oxygens (including phenoxy) is 3. The fourth-order valence-electron chi connectivity index (χ4n) is 3.66. The van der Waals surface area contributed by atoms with Crippen molar-refractivity contribution in [2.45, 2.75) is 64.2 Å². The molecule has 0 N–H and O–H groups in total. The van der Waals surface area contributed by atoms with Crippen molar-refractivity contribution in [1.29, 1.82) is 0 Å². The van der Waals surface area contributed by atoms with Crippen molar-refractivity contribution in [2.24, 2.45) is 4.99 Å². The van der Waals surface area contributed by atoms with Crippen molar-refractivity contribution in [3.05, 3.63) is 44.7 Å².